The van der Waals surface area contributed by atoms with Crippen LogP contribution in [0.4, 0.5) is 20.2 Å². The van der Waals surface area contributed by atoms with E-state index in [9.17, 15) is 13.6 Å². The van der Waals surface area contributed by atoms with Crippen molar-refractivity contribution < 1.29 is 18.3 Å². The number of nitrogens with zero attached hydrogens (tertiary/aromatic N) is 1. The minimum absolute atomic E-state index is 0. The predicted octanol–water partition coefficient (Wildman–Crippen LogP) is 4.02. The second kappa shape index (κ2) is 9.53. The molecule has 0 radical (unpaired) electrons. The number of hydrogen-bond donors (Lipinski definition) is 2. The molecule has 1 saturated heterocycles. The third kappa shape index (κ3) is 5.55. The summed E-state index contributed by atoms with van der Waals surface area (Å²) in [6, 6.07) is 13.4. The molecule has 0 saturated carbocycles. The Hall–Kier alpha value is -2.38. The Balaban J connectivity index is 0.00000261. The predicted molar refractivity (Wildman–Crippen MR) is 103 cm³/mol. The van der Waals surface area contributed by atoms with Gasteiger partial charge in [0.2, 0.25) is 0 Å². The maximum atomic E-state index is 12.9. The van der Waals surface area contributed by atoms with Gasteiger partial charge in [0.1, 0.15) is 5.75 Å². The molecule has 1 heterocycles. The van der Waals surface area contributed by atoms with Crippen LogP contribution in [0, 0.1) is 0 Å². The number of alkyl halides is 2. The highest BCUT2D eigenvalue weighted by Gasteiger charge is 2.24. The Morgan fingerprint density at radius 1 is 1.19 bits per heavy atom. The van der Waals surface area contributed by atoms with E-state index in [0.717, 1.165) is 12.8 Å². The van der Waals surface area contributed by atoms with E-state index in [1.54, 1.807) is 29.2 Å². The monoisotopic (exact) mass is 397 g/mol. The Morgan fingerprint density at radius 3 is 2.56 bits per heavy atom. The highest BCUT2D eigenvalue weighted by atomic mass is 35.5. The standard InChI is InChI=1S/C19H21F2N3O2.ClH/c20-19(21)26-15-9-7-14(8-10-15)23-17-6-2-1-5-16(17)18(25)24-11-3-4-13(22)12-24;/h1-2,5-10,13,19,23H,3-4,11-12,22H2;1H. The second-order valence-electron chi connectivity index (χ2n) is 6.23. The summed E-state index contributed by atoms with van der Waals surface area (Å²) < 4.78 is 28.8. The van der Waals surface area contributed by atoms with E-state index < -0.39 is 6.61 Å². The summed E-state index contributed by atoms with van der Waals surface area (Å²) in [6.07, 6.45) is 1.82. The van der Waals surface area contributed by atoms with Crippen LogP contribution in [0.25, 0.3) is 0 Å². The van der Waals surface area contributed by atoms with Crippen molar-refractivity contribution in [3.05, 3.63) is 54.1 Å². The van der Waals surface area contributed by atoms with Crippen LogP contribution >= 0.6 is 12.4 Å². The lowest BCUT2D eigenvalue weighted by Gasteiger charge is -2.31. The first-order chi connectivity index (χ1) is 12.5. The largest absolute Gasteiger partial charge is 0.435 e. The molecule has 8 heteroatoms. The third-order valence-electron chi connectivity index (χ3n) is 4.26. The van der Waals surface area contributed by atoms with E-state index in [1.165, 1.54) is 12.1 Å². The highest BCUT2D eigenvalue weighted by Crippen LogP contribution is 2.25. The first kappa shape index (κ1) is 20.9. The van der Waals surface area contributed by atoms with Crippen molar-refractivity contribution in [1.82, 2.24) is 4.90 Å². The van der Waals surface area contributed by atoms with Crippen LogP contribution in [0.5, 0.6) is 5.75 Å². The molecular formula is C19H22ClF2N3O2. The van der Waals surface area contributed by atoms with Crippen LogP contribution in [0.1, 0.15) is 23.2 Å². The maximum absolute atomic E-state index is 12.9. The van der Waals surface area contributed by atoms with E-state index in [-0.39, 0.29) is 30.1 Å². The Labute approximate surface area is 162 Å². The number of likely N-dealkylation sites (tertiary alicyclic amines) is 1. The number of carbonyl (C=O) groups excluding carboxylic acids is 1. The number of halogens is 3. The van der Waals surface area contributed by atoms with Crippen LogP contribution in [-0.4, -0.2) is 36.5 Å². The first-order valence-electron chi connectivity index (χ1n) is 8.48. The fourth-order valence-electron chi connectivity index (χ4n) is 3.02. The van der Waals surface area contributed by atoms with Gasteiger partial charge in [-0.1, -0.05) is 12.1 Å². The lowest BCUT2D eigenvalue weighted by molar-refractivity contribution is -0.0498. The lowest BCUT2D eigenvalue weighted by atomic mass is 10.0. The Bertz CT molecular complexity index is 759. The molecule has 2 aromatic carbocycles. The molecule has 1 unspecified atom stereocenters. The van der Waals surface area contributed by atoms with Crippen molar-refractivity contribution in [2.75, 3.05) is 18.4 Å². The van der Waals surface area contributed by atoms with E-state index in [4.69, 9.17) is 5.73 Å². The summed E-state index contributed by atoms with van der Waals surface area (Å²) in [4.78, 5) is 14.6. The van der Waals surface area contributed by atoms with Gasteiger partial charge in [-0.25, -0.2) is 0 Å². The zero-order valence-electron chi connectivity index (χ0n) is 14.6. The molecule has 1 fully saturated rings. The number of amides is 1. The number of carbonyl (C=O) groups is 1. The van der Waals surface area contributed by atoms with Crippen LogP contribution in [0.2, 0.25) is 0 Å². The highest BCUT2D eigenvalue weighted by molar-refractivity contribution is 6.00. The van der Waals surface area contributed by atoms with E-state index in [1.807, 2.05) is 12.1 Å². The fraction of sp³-hybridized carbons (Fsp3) is 0.316. The molecule has 0 aliphatic carbocycles. The number of hydrogen-bond acceptors (Lipinski definition) is 4. The molecule has 0 bridgehead atoms. The normalized spacial score (nSPS) is 16.6. The molecule has 1 atom stereocenters. The van der Waals surface area contributed by atoms with Gasteiger partial charge >= 0.3 is 6.61 Å². The third-order valence-corrected chi connectivity index (χ3v) is 4.26. The molecule has 27 heavy (non-hydrogen) atoms. The molecule has 146 valence electrons. The van der Waals surface area contributed by atoms with Gasteiger partial charge in [0.15, 0.2) is 0 Å². The van der Waals surface area contributed by atoms with Gasteiger partial charge in [0, 0.05) is 24.8 Å². The molecule has 0 spiro atoms. The number of piperidine rings is 1. The first-order valence-corrected chi connectivity index (χ1v) is 8.48. The number of para-hydroxylation sites is 1. The minimum Gasteiger partial charge on any atom is -0.435 e. The van der Waals surface area contributed by atoms with E-state index in [0.29, 0.717) is 30.0 Å². The van der Waals surface area contributed by atoms with Gasteiger partial charge in [-0.05, 0) is 49.2 Å². The van der Waals surface area contributed by atoms with E-state index in [2.05, 4.69) is 10.1 Å². The molecule has 1 amide bonds. The van der Waals surface area contributed by atoms with Gasteiger partial charge < -0.3 is 20.7 Å². The lowest BCUT2D eigenvalue weighted by Crippen LogP contribution is -2.45. The number of nitrogens with two attached hydrogens (primary N) is 1. The summed E-state index contributed by atoms with van der Waals surface area (Å²) in [7, 11) is 0. The number of benzene rings is 2. The van der Waals surface area contributed by atoms with Crippen LogP contribution in [-0.2, 0) is 0 Å². The number of ether oxygens (including phenoxy) is 1. The van der Waals surface area contributed by atoms with Crippen molar-refractivity contribution in [3.63, 3.8) is 0 Å². The van der Waals surface area contributed by atoms with E-state index >= 15 is 0 Å². The van der Waals surface area contributed by atoms with Crippen molar-refractivity contribution in [3.8, 4) is 5.75 Å². The van der Waals surface area contributed by atoms with Crippen LogP contribution < -0.4 is 15.8 Å². The zero-order chi connectivity index (χ0) is 18.5. The molecule has 3 rings (SSSR count). The van der Waals surface area contributed by atoms with Gasteiger partial charge in [-0.15, -0.1) is 12.4 Å². The average molecular weight is 398 g/mol. The van der Waals surface area contributed by atoms with Crippen LogP contribution in [0.15, 0.2) is 48.5 Å². The number of anilines is 2. The fourth-order valence-corrected chi connectivity index (χ4v) is 3.02. The van der Waals surface area contributed by atoms with Crippen molar-refractivity contribution in [2.45, 2.75) is 25.5 Å². The summed E-state index contributed by atoms with van der Waals surface area (Å²) in [5, 5.41) is 3.16. The van der Waals surface area contributed by atoms with Gasteiger partial charge in [0.05, 0.1) is 11.3 Å². The topological polar surface area (TPSA) is 67.6 Å². The zero-order valence-corrected chi connectivity index (χ0v) is 15.4. The molecule has 1 aliphatic rings. The second-order valence-corrected chi connectivity index (χ2v) is 6.23. The summed E-state index contributed by atoms with van der Waals surface area (Å²) in [5.41, 5.74) is 7.85. The summed E-state index contributed by atoms with van der Waals surface area (Å²) in [6.45, 7) is -1.61. The molecule has 0 aromatic heterocycles. The molecule has 1 aliphatic heterocycles. The van der Waals surface area contributed by atoms with Crippen molar-refractivity contribution in [1.29, 1.82) is 0 Å². The Kier molecular flexibility index (Phi) is 7.38. The van der Waals surface area contributed by atoms with Gasteiger partial charge in [-0.3, -0.25) is 4.79 Å². The average Bonchev–Trinajstić information content (AvgIpc) is 2.63. The smallest absolute Gasteiger partial charge is 0.387 e. The van der Waals surface area contributed by atoms with Crippen LogP contribution in [0.3, 0.4) is 0 Å². The molecule has 3 N–H and O–H groups in total. The molecule has 5 nitrogen and oxygen atoms in total. The number of rotatable bonds is 5. The summed E-state index contributed by atoms with van der Waals surface area (Å²) in [5.74, 6) is 0.0121. The van der Waals surface area contributed by atoms with Crippen molar-refractivity contribution >= 4 is 29.7 Å². The molecular weight excluding hydrogens is 376 g/mol. The SMILES string of the molecule is Cl.NC1CCCN(C(=O)c2ccccc2Nc2ccc(OC(F)F)cc2)C1. The quantitative estimate of drug-likeness (QED) is 0.799. The molecule has 2 aromatic rings. The van der Waals surface area contributed by atoms with Gasteiger partial charge in [-0.2, -0.15) is 8.78 Å². The minimum atomic E-state index is -2.86. The maximum Gasteiger partial charge on any atom is 0.387 e. The van der Waals surface area contributed by atoms with Gasteiger partial charge in [0.25, 0.3) is 5.91 Å². The summed E-state index contributed by atoms with van der Waals surface area (Å²) >= 11 is 0. The Morgan fingerprint density at radius 2 is 1.89 bits per heavy atom. The number of nitrogens with one attached hydrogen (secondary N) is 1. The van der Waals surface area contributed by atoms with Crippen molar-refractivity contribution in [2.24, 2.45) is 5.73 Å².